The minimum absolute atomic E-state index is 0.0140. The first-order valence-electron chi connectivity index (χ1n) is 6.14. The molecular formula is C11H9F3N2O3S3. The van der Waals surface area contributed by atoms with Gasteiger partial charge >= 0.3 is 6.18 Å². The second-order valence-electron chi connectivity index (χ2n) is 4.60. The molecule has 120 valence electrons. The number of benzene rings is 1. The zero-order chi connectivity index (χ0) is 16.1. The average molecular weight is 370 g/mol. The van der Waals surface area contributed by atoms with Crippen molar-refractivity contribution in [3.8, 4) is 0 Å². The zero-order valence-corrected chi connectivity index (χ0v) is 13.3. The van der Waals surface area contributed by atoms with Crippen molar-refractivity contribution in [1.82, 2.24) is 0 Å². The second kappa shape index (κ2) is 5.48. The number of hydrogen-bond donors (Lipinski definition) is 1. The van der Waals surface area contributed by atoms with E-state index in [1.165, 1.54) is 0 Å². The molecule has 2 N–H and O–H groups in total. The van der Waals surface area contributed by atoms with E-state index >= 15 is 0 Å². The van der Waals surface area contributed by atoms with E-state index in [9.17, 15) is 23.3 Å². The van der Waals surface area contributed by atoms with Crippen LogP contribution < -0.4 is 5.73 Å². The van der Waals surface area contributed by atoms with Crippen LogP contribution in [0.2, 0.25) is 0 Å². The van der Waals surface area contributed by atoms with E-state index in [0.717, 1.165) is 35.6 Å². The van der Waals surface area contributed by atoms with Gasteiger partial charge in [0, 0.05) is 21.4 Å². The Bertz CT molecular complexity index is 650. The largest absolute Gasteiger partial charge is 0.417 e. The predicted octanol–water partition coefficient (Wildman–Crippen LogP) is 3.99. The van der Waals surface area contributed by atoms with Gasteiger partial charge in [-0.05, 0) is 19.4 Å². The van der Waals surface area contributed by atoms with E-state index in [2.05, 4.69) is 0 Å². The quantitative estimate of drug-likeness (QED) is 0.371. The fraction of sp³-hybridized carbons (Fsp3) is 0.455. The third-order valence-electron chi connectivity index (χ3n) is 3.12. The Balaban J connectivity index is 2.18. The van der Waals surface area contributed by atoms with Crippen LogP contribution >= 0.6 is 35.6 Å². The highest BCUT2D eigenvalue weighted by Crippen LogP contribution is 2.74. The summed E-state index contributed by atoms with van der Waals surface area (Å²) in [5.74, 6) is 0. The molecule has 0 aromatic heterocycles. The van der Waals surface area contributed by atoms with Gasteiger partial charge in [-0.25, -0.2) is 0 Å². The van der Waals surface area contributed by atoms with Crippen molar-refractivity contribution in [3.63, 3.8) is 0 Å². The van der Waals surface area contributed by atoms with Crippen molar-refractivity contribution in [2.75, 3.05) is 6.54 Å². The number of alkyl halides is 3. The van der Waals surface area contributed by atoms with E-state index < -0.39 is 25.9 Å². The molecule has 3 rings (SSSR count). The molecule has 11 heteroatoms. The smallest absolute Gasteiger partial charge is 0.330 e. The summed E-state index contributed by atoms with van der Waals surface area (Å²) in [6.45, 7) is 0.307. The molecule has 2 aliphatic heterocycles. The van der Waals surface area contributed by atoms with Crippen molar-refractivity contribution in [2.45, 2.75) is 32.4 Å². The Morgan fingerprint density at radius 3 is 2.50 bits per heavy atom. The normalized spacial score (nSPS) is 22.9. The van der Waals surface area contributed by atoms with Crippen molar-refractivity contribution >= 4 is 41.3 Å². The minimum atomic E-state index is -4.65. The summed E-state index contributed by atoms with van der Waals surface area (Å²) in [4.78, 5) is 10.7. The van der Waals surface area contributed by atoms with E-state index in [1.807, 2.05) is 0 Å². The fourth-order valence-corrected chi connectivity index (χ4v) is 5.91. The molecule has 2 heterocycles. The average Bonchev–Trinajstić information content (AvgIpc) is 3.04. The highest BCUT2D eigenvalue weighted by molar-refractivity contribution is 8.38. The number of halogens is 3. The third kappa shape index (κ3) is 2.80. The molecule has 0 saturated carbocycles. The van der Waals surface area contributed by atoms with Crippen LogP contribution in [0, 0.1) is 10.1 Å². The maximum Gasteiger partial charge on any atom is 0.417 e. The number of nitrogens with zero attached hydrogens (tertiary/aromatic N) is 1. The van der Waals surface area contributed by atoms with E-state index in [0.29, 0.717) is 29.5 Å². The van der Waals surface area contributed by atoms with Crippen molar-refractivity contribution in [3.05, 3.63) is 27.3 Å². The molecule has 1 aromatic carbocycles. The summed E-state index contributed by atoms with van der Waals surface area (Å²) in [6.07, 6.45) is -3.92. The molecular weight excluding hydrogens is 361 g/mol. The number of hydrogen-bond acceptors (Lipinski definition) is 7. The zero-order valence-electron chi connectivity index (χ0n) is 10.8. The summed E-state index contributed by atoms with van der Waals surface area (Å²) >= 11 is 3.12. The molecule has 0 bridgehead atoms. The number of rotatable bonds is 4. The van der Waals surface area contributed by atoms with Crippen molar-refractivity contribution in [2.24, 2.45) is 5.73 Å². The minimum Gasteiger partial charge on any atom is -0.330 e. The molecule has 5 nitrogen and oxygen atoms in total. The lowest BCUT2D eigenvalue weighted by Gasteiger charge is -2.14. The molecule has 0 amide bonds. The van der Waals surface area contributed by atoms with Gasteiger partial charge in [-0.15, -0.1) is 0 Å². The molecule has 0 radical (unpaired) electrons. The van der Waals surface area contributed by atoms with E-state index in [4.69, 9.17) is 9.92 Å². The number of fused-ring (bicyclic) bond motifs is 1. The summed E-state index contributed by atoms with van der Waals surface area (Å²) in [5, 5.41) is 11.2. The van der Waals surface area contributed by atoms with Crippen LogP contribution in [0.15, 0.2) is 15.9 Å². The van der Waals surface area contributed by atoms with Gasteiger partial charge in [-0.2, -0.15) is 13.2 Å². The number of nitro benzene ring substituents is 1. The van der Waals surface area contributed by atoms with Crippen LogP contribution in [0.4, 0.5) is 18.9 Å². The number of thioether (sulfide) groups is 2. The van der Waals surface area contributed by atoms with Gasteiger partial charge in [0.05, 0.1) is 22.5 Å². The monoisotopic (exact) mass is 370 g/mol. The lowest BCUT2D eigenvalue weighted by molar-refractivity contribution is -0.386. The Morgan fingerprint density at radius 1 is 1.36 bits per heavy atom. The Hall–Kier alpha value is -0.620. The highest BCUT2D eigenvalue weighted by atomic mass is 32.3. The second-order valence-corrected chi connectivity index (χ2v) is 8.66. The van der Waals surface area contributed by atoms with Crippen LogP contribution in [-0.4, -0.2) is 15.1 Å². The lowest BCUT2D eigenvalue weighted by atomic mass is 10.0. The van der Waals surface area contributed by atoms with Crippen LogP contribution in [0.1, 0.15) is 17.5 Å². The Morgan fingerprint density at radius 2 is 2.00 bits per heavy atom. The predicted molar refractivity (Wildman–Crippen MR) is 78.6 cm³/mol. The van der Waals surface area contributed by atoms with Gasteiger partial charge in [-0.1, -0.05) is 23.5 Å². The van der Waals surface area contributed by atoms with Gasteiger partial charge < -0.3 is 5.73 Å². The third-order valence-corrected chi connectivity index (χ3v) is 7.29. The Kier molecular flexibility index (Phi) is 4.05. The van der Waals surface area contributed by atoms with Crippen LogP contribution in [0.25, 0.3) is 0 Å². The molecule has 1 spiro atoms. The SMILES string of the molecule is NCCCc1c([N+](=O)[O-])cc(C(F)(F)F)c2c1SC1(OS1)S2. The van der Waals surface area contributed by atoms with Crippen LogP contribution in [-0.2, 0) is 16.8 Å². The van der Waals surface area contributed by atoms with E-state index in [-0.39, 0.29) is 11.3 Å². The molecule has 22 heavy (non-hydrogen) atoms. The van der Waals surface area contributed by atoms with Gasteiger partial charge in [0.1, 0.15) is 0 Å². The number of nitrogens with two attached hydrogens (primary N) is 1. The highest BCUT2D eigenvalue weighted by Gasteiger charge is 2.58. The summed E-state index contributed by atoms with van der Waals surface area (Å²) < 4.78 is 44.0. The van der Waals surface area contributed by atoms with Crippen molar-refractivity contribution < 1.29 is 22.3 Å². The maximum absolute atomic E-state index is 13.2. The molecule has 1 aromatic rings. The first-order valence-corrected chi connectivity index (χ1v) is 8.51. The first-order chi connectivity index (χ1) is 10.3. The molecule has 1 unspecified atom stereocenters. The maximum atomic E-state index is 13.2. The topological polar surface area (TPSA) is 81.7 Å². The Labute approximate surface area is 135 Å². The van der Waals surface area contributed by atoms with Crippen LogP contribution in [0.5, 0.6) is 0 Å². The first kappa shape index (κ1) is 16.2. The molecule has 2 aliphatic rings. The molecule has 1 atom stereocenters. The molecule has 1 saturated heterocycles. The standard InChI is InChI=1S/C11H9F3N2O3S3/c12-10(13,14)6-4-7(16(17)18)5(2-1-3-15)8-9(6)21-11(20-8)19-22-11/h4H,1-3,15H2. The van der Waals surface area contributed by atoms with Gasteiger partial charge in [0.15, 0.2) is 0 Å². The fourth-order valence-electron chi connectivity index (χ4n) is 2.14. The van der Waals surface area contributed by atoms with Crippen molar-refractivity contribution in [1.29, 1.82) is 0 Å². The lowest BCUT2D eigenvalue weighted by Crippen LogP contribution is -2.11. The van der Waals surface area contributed by atoms with Gasteiger partial charge in [-0.3, -0.25) is 14.3 Å². The van der Waals surface area contributed by atoms with Gasteiger partial charge in [0.25, 0.3) is 9.28 Å². The summed E-state index contributed by atoms with van der Waals surface area (Å²) in [5.41, 5.74) is 4.25. The van der Waals surface area contributed by atoms with Crippen LogP contribution in [0.3, 0.4) is 0 Å². The van der Waals surface area contributed by atoms with E-state index in [1.54, 1.807) is 0 Å². The molecule has 0 aliphatic carbocycles. The van der Waals surface area contributed by atoms with Gasteiger partial charge in [0.2, 0.25) is 0 Å². The number of nitro groups is 1. The summed E-state index contributed by atoms with van der Waals surface area (Å²) in [7, 11) is 0. The molecule has 1 fully saturated rings. The summed E-state index contributed by atoms with van der Waals surface area (Å²) in [6, 6.07) is 0.629.